The lowest BCUT2D eigenvalue weighted by Gasteiger charge is -2.08. The van der Waals surface area contributed by atoms with Gasteiger partial charge in [0, 0.05) is 22.4 Å². The Hall–Kier alpha value is -2.44. The van der Waals surface area contributed by atoms with Crippen LogP contribution in [0.1, 0.15) is 5.56 Å². The minimum Gasteiger partial charge on any atom is -0.497 e. The number of rotatable bonds is 6. The number of thiophene rings is 2. The Morgan fingerprint density at radius 2 is 1.96 bits per heavy atom. The number of nitrogens with zero attached hydrogens (tertiary/aromatic N) is 2. The summed E-state index contributed by atoms with van der Waals surface area (Å²) in [5, 5.41) is 8.86. The minimum absolute atomic E-state index is 0.818. The molecule has 3 aromatic heterocycles. The van der Waals surface area contributed by atoms with Crippen molar-refractivity contribution in [2.24, 2.45) is 0 Å². The molecule has 0 saturated heterocycles. The van der Waals surface area contributed by atoms with Crippen molar-refractivity contribution in [3.8, 4) is 16.2 Å². The SMILES string of the molecule is COc1ccc(CCNc2ncnc3scc(-c4cccs4)c23)cc1. The Labute approximate surface area is 154 Å². The van der Waals surface area contributed by atoms with Gasteiger partial charge in [-0.2, -0.15) is 0 Å². The van der Waals surface area contributed by atoms with E-state index in [0.29, 0.717) is 0 Å². The zero-order valence-corrected chi connectivity index (χ0v) is 15.4. The van der Waals surface area contributed by atoms with Gasteiger partial charge in [0.1, 0.15) is 22.7 Å². The second-order valence-corrected chi connectivity index (χ2v) is 7.36. The maximum atomic E-state index is 5.20. The summed E-state index contributed by atoms with van der Waals surface area (Å²) in [6.45, 7) is 0.818. The monoisotopic (exact) mass is 367 g/mol. The van der Waals surface area contributed by atoms with Crippen LogP contribution in [0.5, 0.6) is 5.75 Å². The Kier molecular flexibility index (Phi) is 4.63. The minimum atomic E-state index is 0.818. The fraction of sp³-hybridized carbons (Fsp3) is 0.158. The lowest BCUT2D eigenvalue weighted by molar-refractivity contribution is 0.414. The van der Waals surface area contributed by atoms with Crippen molar-refractivity contribution >= 4 is 38.7 Å². The highest BCUT2D eigenvalue weighted by Gasteiger charge is 2.13. The molecule has 0 spiro atoms. The number of nitrogens with one attached hydrogen (secondary N) is 1. The Bertz CT molecular complexity index is 962. The van der Waals surface area contributed by atoms with Gasteiger partial charge in [-0.1, -0.05) is 18.2 Å². The molecule has 4 nitrogen and oxygen atoms in total. The number of methoxy groups -OCH3 is 1. The van der Waals surface area contributed by atoms with Gasteiger partial charge in [0.25, 0.3) is 0 Å². The van der Waals surface area contributed by atoms with Gasteiger partial charge in [0.2, 0.25) is 0 Å². The van der Waals surface area contributed by atoms with Crippen LogP contribution < -0.4 is 10.1 Å². The van der Waals surface area contributed by atoms with E-state index in [1.54, 1.807) is 36.1 Å². The molecule has 0 fully saturated rings. The molecule has 1 N–H and O–H groups in total. The third-order valence-electron chi connectivity index (χ3n) is 4.02. The van der Waals surface area contributed by atoms with Crippen molar-refractivity contribution in [3.05, 3.63) is 59.0 Å². The quantitative estimate of drug-likeness (QED) is 0.516. The maximum Gasteiger partial charge on any atom is 0.138 e. The summed E-state index contributed by atoms with van der Waals surface area (Å²) in [6.07, 6.45) is 2.56. The van der Waals surface area contributed by atoms with Gasteiger partial charge in [-0.3, -0.25) is 0 Å². The van der Waals surface area contributed by atoms with Crippen molar-refractivity contribution in [3.63, 3.8) is 0 Å². The molecule has 0 unspecified atom stereocenters. The second-order valence-electron chi connectivity index (χ2n) is 5.55. The van der Waals surface area contributed by atoms with E-state index in [1.165, 1.54) is 16.0 Å². The summed E-state index contributed by atoms with van der Waals surface area (Å²) < 4.78 is 5.20. The smallest absolute Gasteiger partial charge is 0.138 e. The number of benzene rings is 1. The average Bonchev–Trinajstić information content (AvgIpc) is 3.32. The van der Waals surface area contributed by atoms with Gasteiger partial charge in [-0.05, 0) is 35.6 Å². The Morgan fingerprint density at radius 3 is 2.72 bits per heavy atom. The topological polar surface area (TPSA) is 47.0 Å². The lowest BCUT2D eigenvalue weighted by atomic mass is 10.1. The van der Waals surface area contributed by atoms with E-state index in [1.807, 2.05) is 12.1 Å². The van der Waals surface area contributed by atoms with Crippen LogP contribution in [0.25, 0.3) is 20.7 Å². The highest BCUT2D eigenvalue weighted by Crippen LogP contribution is 2.38. The zero-order chi connectivity index (χ0) is 17.1. The Morgan fingerprint density at radius 1 is 1.08 bits per heavy atom. The van der Waals surface area contributed by atoms with Crippen LogP contribution in [0.2, 0.25) is 0 Å². The molecule has 3 heterocycles. The maximum absolute atomic E-state index is 5.20. The molecule has 6 heteroatoms. The van der Waals surface area contributed by atoms with Crippen LogP contribution in [-0.2, 0) is 6.42 Å². The van der Waals surface area contributed by atoms with Crippen molar-refractivity contribution in [2.75, 3.05) is 19.0 Å². The molecule has 0 aliphatic carbocycles. The van der Waals surface area contributed by atoms with Crippen LogP contribution in [0.15, 0.2) is 53.5 Å². The van der Waals surface area contributed by atoms with Crippen LogP contribution in [-0.4, -0.2) is 23.6 Å². The van der Waals surface area contributed by atoms with E-state index in [-0.39, 0.29) is 0 Å². The van der Waals surface area contributed by atoms with Crippen molar-refractivity contribution < 1.29 is 4.74 Å². The van der Waals surface area contributed by atoms with Gasteiger partial charge in [-0.25, -0.2) is 9.97 Å². The van der Waals surface area contributed by atoms with Crippen LogP contribution in [0.3, 0.4) is 0 Å². The normalized spacial score (nSPS) is 10.9. The molecule has 0 amide bonds. The summed E-state index contributed by atoms with van der Waals surface area (Å²) >= 11 is 3.40. The fourth-order valence-electron chi connectivity index (χ4n) is 2.74. The number of ether oxygens (including phenoxy) is 1. The van der Waals surface area contributed by atoms with E-state index < -0.39 is 0 Å². The molecule has 0 atom stereocenters. The van der Waals surface area contributed by atoms with E-state index in [0.717, 1.165) is 34.7 Å². The van der Waals surface area contributed by atoms with Crippen LogP contribution in [0, 0.1) is 0 Å². The van der Waals surface area contributed by atoms with E-state index in [9.17, 15) is 0 Å². The zero-order valence-electron chi connectivity index (χ0n) is 13.7. The molecule has 1 aromatic carbocycles. The first-order valence-electron chi connectivity index (χ1n) is 7.98. The van der Waals surface area contributed by atoms with Crippen LogP contribution in [0.4, 0.5) is 5.82 Å². The van der Waals surface area contributed by atoms with Crippen molar-refractivity contribution in [2.45, 2.75) is 6.42 Å². The first kappa shape index (κ1) is 16.1. The van der Waals surface area contributed by atoms with E-state index >= 15 is 0 Å². The highest BCUT2D eigenvalue weighted by atomic mass is 32.1. The predicted octanol–water partition coefficient (Wildman–Crippen LogP) is 5.08. The number of anilines is 1. The summed E-state index contributed by atoms with van der Waals surface area (Å²) in [7, 11) is 1.68. The summed E-state index contributed by atoms with van der Waals surface area (Å²) in [5.41, 5.74) is 2.48. The lowest BCUT2D eigenvalue weighted by Crippen LogP contribution is -2.07. The third kappa shape index (κ3) is 3.36. The van der Waals surface area contributed by atoms with Gasteiger partial charge >= 0.3 is 0 Å². The molecule has 0 saturated carbocycles. The summed E-state index contributed by atoms with van der Waals surface area (Å²) in [4.78, 5) is 11.2. The first-order valence-corrected chi connectivity index (χ1v) is 9.74. The van der Waals surface area contributed by atoms with Crippen molar-refractivity contribution in [1.82, 2.24) is 9.97 Å². The standard InChI is InChI=1S/C19H17N3OS2/c1-23-14-6-4-13(5-7-14)8-9-20-18-17-15(16-3-2-10-24-16)11-25-19(17)22-12-21-18/h2-7,10-12H,8-9H2,1H3,(H,20,21,22). The molecular weight excluding hydrogens is 350 g/mol. The average molecular weight is 367 g/mol. The van der Waals surface area contributed by atoms with Crippen molar-refractivity contribution in [1.29, 1.82) is 0 Å². The molecule has 0 bridgehead atoms. The first-order chi connectivity index (χ1) is 12.3. The van der Waals surface area contributed by atoms with Gasteiger partial charge < -0.3 is 10.1 Å². The molecule has 0 radical (unpaired) electrons. The highest BCUT2D eigenvalue weighted by molar-refractivity contribution is 7.18. The summed E-state index contributed by atoms with van der Waals surface area (Å²) in [6, 6.07) is 12.4. The molecule has 0 aliphatic heterocycles. The molecule has 25 heavy (non-hydrogen) atoms. The molecule has 4 rings (SSSR count). The van der Waals surface area contributed by atoms with E-state index in [4.69, 9.17) is 4.74 Å². The van der Waals surface area contributed by atoms with E-state index in [2.05, 4.69) is 50.3 Å². The number of fused-ring (bicyclic) bond motifs is 1. The summed E-state index contributed by atoms with van der Waals surface area (Å²) in [5.74, 6) is 1.79. The molecule has 0 aliphatic rings. The second kappa shape index (κ2) is 7.21. The number of hydrogen-bond acceptors (Lipinski definition) is 6. The number of aromatic nitrogens is 2. The predicted molar refractivity (Wildman–Crippen MR) is 106 cm³/mol. The van der Waals surface area contributed by atoms with Gasteiger partial charge in [0.05, 0.1) is 12.5 Å². The largest absolute Gasteiger partial charge is 0.497 e. The Balaban J connectivity index is 1.54. The van der Waals surface area contributed by atoms with Crippen LogP contribution >= 0.6 is 22.7 Å². The molecule has 4 aromatic rings. The number of hydrogen-bond donors (Lipinski definition) is 1. The van der Waals surface area contributed by atoms with Gasteiger partial charge in [-0.15, -0.1) is 22.7 Å². The van der Waals surface area contributed by atoms with Gasteiger partial charge in [0.15, 0.2) is 0 Å². The fourth-order valence-corrected chi connectivity index (χ4v) is 4.47. The molecule has 126 valence electrons. The third-order valence-corrected chi connectivity index (χ3v) is 5.81. The molecular formula is C19H17N3OS2.